The van der Waals surface area contributed by atoms with E-state index in [0.29, 0.717) is 6.61 Å². The Kier molecular flexibility index (Phi) is 1.79. The summed E-state index contributed by atoms with van der Waals surface area (Å²) in [4.78, 5) is 5.11. The molecule has 0 aliphatic carbocycles. The third-order valence-electron chi connectivity index (χ3n) is 2.19. The number of ether oxygens (including phenoxy) is 1. The zero-order valence-electron chi connectivity index (χ0n) is 6.19. The molecule has 2 heterocycles. The SMILES string of the molecule is OCC1=NO[C@@H]2CCOC[C@H]12. The lowest BCUT2D eigenvalue weighted by atomic mass is 9.95. The van der Waals surface area contributed by atoms with Crippen molar-refractivity contribution in [1.82, 2.24) is 0 Å². The van der Waals surface area contributed by atoms with Gasteiger partial charge in [0.05, 0.1) is 31.5 Å². The van der Waals surface area contributed by atoms with Crippen LogP contribution in [-0.4, -0.2) is 36.7 Å². The Morgan fingerprint density at radius 2 is 2.55 bits per heavy atom. The zero-order valence-corrected chi connectivity index (χ0v) is 6.19. The van der Waals surface area contributed by atoms with E-state index in [4.69, 9.17) is 14.7 Å². The van der Waals surface area contributed by atoms with E-state index in [9.17, 15) is 0 Å². The van der Waals surface area contributed by atoms with Crippen LogP contribution in [0.25, 0.3) is 0 Å². The molecule has 0 saturated carbocycles. The lowest BCUT2D eigenvalue weighted by Gasteiger charge is -2.23. The molecule has 0 unspecified atom stereocenters. The second-order valence-electron chi connectivity index (χ2n) is 2.85. The molecular weight excluding hydrogens is 146 g/mol. The Morgan fingerprint density at radius 1 is 1.64 bits per heavy atom. The van der Waals surface area contributed by atoms with E-state index in [1.807, 2.05) is 0 Å². The Morgan fingerprint density at radius 3 is 3.36 bits per heavy atom. The first-order valence-corrected chi connectivity index (χ1v) is 3.83. The molecule has 0 aromatic rings. The molecule has 11 heavy (non-hydrogen) atoms. The van der Waals surface area contributed by atoms with Crippen molar-refractivity contribution >= 4 is 5.71 Å². The van der Waals surface area contributed by atoms with Crippen LogP contribution in [0.15, 0.2) is 5.16 Å². The number of oxime groups is 1. The van der Waals surface area contributed by atoms with Crippen molar-refractivity contribution in [3.8, 4) is 0 Å². The van der Waals surface area contributed by atoms with Crippen molar-refractivity contribution < 1.29 is 14.7 Å². The molecule has 0 bridgehead atoms. The standard InChI is InChI=1S/C7H11NO3/c9-3-6-5-4-10-2-1-7(5)11-8-6/h5,7,9H,1-4H2/t5-,7-/m1/s1. The average molecular weight is 157 g/mol. The molecule has 2 atom stereocenters. The minimum atomic E-state index is -0.00940. The average Bonchev–Trinajstić information content (AvgIpc) is 2.47. The number of hydrogen-bond donors (Lipinski definition) is 1. The van der Waals surface area contributed by atoms with Gasteiger partial charge < -0.3 is 14.7 Å². The summed E-state index contributed by atoms with van der Waals surface area (Å²) in [5.74, 6) is 0.203. The first-order chi connectivity index (χ1) is 5.42. The molecule has 4 heteroatoms. The van der Waals surface area contributed by atoms with Gasteiger partial charge in [-0.25, -0.2) is 0 Å². The molecule has 0 spiro atoms. The third-order valence-corrected chi connectivity index (χ3v) is 2.19. The second kappa shape index (κ2) is 2.79. The van der Waals surface area contributed by atoms with E-state index in [0.717, 1.165) is 18.7 Å². The molecule has 2 rings (SSSR count). The summed E-state index contributed by atoms with van der Waals surface area (Å²) >= 11 is 0. The summed E-state index contributed by atoms with van der Waals surface area (Å²) in [7, 11) is 0. The number of fused-ring (bicyclic) bond motifs is 1. The highest BCUT2D eigenvalue weighted by Crippen LogP contribution is 2.24. The summed E-state index contributed by atoms with van der Waals surface area (Å²) < 4.78 is 5.24. The summed E-state index contributed by atoms with van der Waals surface area (Å²) in [6.07, 6.45) is 1.04. The van der Waals surface area contributed by atoms with Gasteiger partial charge in [-0.3, -0.25) is 0 Å². The van der Waals surface area contributed by atoms with E-state index in [1.54, 1.807) is 0 Å². The Bertz CT molecular complexity index is 181. The number of aliphatic hydroxyl groups excluding tert-OH is 1. The predicted octanol–water partition coefficient (Wildman–Crippen LogP) is -0.230. The van der Waals surface area contributed by atoms with Crippen LogP contribution < -0.4 is 0 Å². The highest BCUT2D eigenvalue weighted by atomic mass is 16.6. The van der Waals surface area contributed by atoms with Crippen molar-refractivity contribution in [2.24, 2.45) is 11.1 Å². The van der Waals surface area contributed by atoms with E-state index >= 15 is 0 Å². The van der Waals surface area contributed by atoms with Gasteiger partial charge in [-0.2, -0.15) is 0 Å². The van der Waals surface area contributed by atoms with Gasteiger partial charge in [-0.15, -0.1) is 0 Å². The van der Waals surface area contributed by atoms with E-state index in [2.05, 4.69) is 5.16 Å². The normalized spacial score (nSPS) is 35.9. The third kappa shape index (κ3) is 1.12. The quantitative estimate of drug-likeness (QED) is 0.572. The van der Waals surface area contributed by atoms with Crippen LogP contribution in [0.5, 0.6) is 0 Å². The number of nitrogens with zero attached hydrogens (tertiary/aromatic N) is 1. The molecule has 0 aromatic carbocycles. The molecule has 62 valence electrons. The fraction of sp³-hybridized carbons (Fsp3) is 0.857. The fourth-order valence-corrected chi connectivity index (χ4v) is 1.50. The zero-order chi connectivity index (χ0) is 7.68. The van der Waals surface area contributed by atoms with Gasteiger partial charge in [-0.1, -0.05) is 5.16 Å². The summed E-state index contributed by atoms with van der Waals surface area (Å²) in [6.45, 7) is 1.38. The van der Waals surface area contributed by atoms with Gasteiger partial charge in [0, 0.05) is 6.42 Å². The Labute approximate surface area is 64.8 Å². The van der Waals surface area contributed by atoms with Crippen molar-refractivity contribution in [1.29, 1.82) is 0 Å². The van der Waals surface area contributed by atoms with Crippen molar-refractivity contribution in [2.45, 2.75) is 12.5 Å². The van der Waals surface area contributed by atoms with Gasteiger partial charge in [-0.05, 0) is 0 Å². The maximum absolute atomic E-state index is 8.84. The van der Waals surface area contributed by atoms with Gasteiger partial charge in [0.25, 0.3) is 0 Å². The minimum Gasteiger partial charge on any atom is -0.392 e. The van der Waals surface area contributed by atoms with E-state index in [-0.39, 0.29) is 18.6 Å². The van der Waals surface area contributed by atoms with Crippen molar-refractivity contribution in [3.63, 3.8) is 0 Å². The summed E-state index contributed by atoms with van der Waals surface area (Å²) in [5, 5.41) is 12.6. The molecular formula is C7H11NO3. The number of hydrogen-bond acceptors (Lipinski definition) is 4. The highest BCUT2D eigenvalue weighted by molar-refractivity contribution is 5.89. The van der Waals surface area contributed by atoms with Crippen LogP contribution in [0.2, 0.25) is 0 Å². The van der Waals surface area contributed by atoms with Crippen LogP contribution in [0.4, 0.5) is 0 Å². The summed E-state index contributed by atoms with van der Waals surface area (Å²) in [6, 6.07) is 0. The lowest BCUT2D eigenvalue weighted by molar-refractivity contribution is -0.0317. The van der Waals surface area contributed by atoms with Crippen LogP contribution in [0, 0.1) is 5.92 Å². The monoisotopic (exact) mass is 157 g/mol. The van der Waals surface area contributed by atoms with Crippen LogP contribution in [-0.2, 0) is 9.57 Å². The van der Waals surface area contributed by atoms with E-state index in [1.165, 1.54) is 0 Å². The first kappa shape index (κ1) is 7.06. The molecule has 1 fully saturated rings. The molecule has 2 aliphatic rings. The van der Waals surface area contributed by atoms with Crippen molar-refractivity contribution in [2.75, 3.05) is 19.8 Å². The second-order valence-corrected chi connectivity index (χ2v) is 2.85. The predicted molar refractivity (Wildman–Crippen MR) is 38.3 cm³/mol. The van der Waals surface area contributed by atoms with Crippen LogP contribution >= 0.6 is 0 Å². The summed E-state index contributed by atoms with van der Waals surface area (Å²) in [5.41, 5.74) is 0.731. The van der Waals surface area contributed by atoms with Gasteiger partial charge in [0.15, 0.2) is 0 Å². The first-order valence-electron chi connectivity index (χ1n) is 3.83. The fourth-order valence-electron chi connectivity index (χ4n) is 1.50. The topological polar surface area (TPSA) is 51.1 Å². The largest absolute Gasteiger partial charge is 0.392 e. The molecule has 4 nitrogen and oxygen atoms in total. The molecule has 0 radical (unpaired) electrons. The molecule has 1 N–H and O–H groups in total. The number of aliphatic hydroxyl groups is 1. The molecule has 1 saturated heterocycles. The smallest absolute Gasteiger partial charge is 0.140 e. The maximum Gasteiger partial charge on any atom is 0.140 e. The maximum atomic E-state index is 8.84. The minimum absolute atomic E-state index is 0.00940. The van der Waals surface area contributed by atoms with Crippen LogP contribution in [0.3, 0.4) is 0 Å². The van der Waals surface area contributed by atoms with E-state index < -0.39 is 0 Å². The number of rotatable bonds is 1. The van der Waals surface area contributed by atoms with Gasteiger partial charge in [0.2, 0.25) is 0 Å². The lowest BCUT2D eigenvalue weighted by Crippen LogP contribution is -2.34. The van der Waals surface area contributed by atoms with Gasteiger partial charge >= 0.3 is 0 Å². The highest BCUT2D eigenvalue weighted by Gasteiger charge is 2.36. The molecule has 0 amide bonds. The Balaban J connectivity index is 2.05. The molecule has 0 aromatic heterocycles. The Hall–Kier alpha value is -0.610. The molecule has 2 aliphatic heterocycles. The van der Waals surface area contributed by atoms with Crippen LogP contribution in [0.1, 0.15) is 6.42 Å². The van der Waals surface area contributed by atoms with Crippen molar-refractivity contribution in [3.05, 3.63) is 0 Å². The van der Waals surface area contributed by atoms with Gasteiger partial charge in [0.1, 0.15) is 6.10 Å².